The Labute approximate surface area is 180 Å². The van der Waals surface area contributed by atoms with E-state index in [4.69, 9.17) is 20.6 Å². The minimum Gasteiger partial charge on any atom is -0.490 e. The Hall–Kier alpha value is -3.31. The fourth-order valence-corrected chi connectivity index (χ4v) is 3.23. The molecule has 1 N–H and O–H groups in total. The smallest absolute Gasteiger partial charge is 0.311 e. The maximum absolute atomic E-state index is 11.5. The lowest BCUT2D eigenvalue weighted by Gasteiger charge is -2.15. The number of esters is 1. The predicted molar refractivity (Wildman–Crippen MR) is 120 cm³/mol. The first-order valence-electron chi connectivity index (χ1n) is 9.47. The molecule has 0 amide bonds. The number of hydrogen-bond donors (Lipinski definition) is 1. The van der Waals surface area contributed by atoms with Crippen LogP contribution in [0.2, 0.25) is 0 Å². The zero-order valence-corrected chi connectivity index (χ0v) is 18.0. The SMILES string of the molecule is C#CCOc1c(CC=C)cc(C=NNc2nc(CC(=O)OCC)cs2)cc1OCC. The van der Waals surface area contributed by atoms with Crippen molar-refractivity contribution in [2.45, 2.75) is 26.7 Å². The van der Waals surface area contributed by atoms with Gasteiger partial charge in [0.1, 0.15) is 6.61 Å². The monoisotopic (exact) mass is 427 g/mol. The third kappa shape index (κ3) is 6.94. The van der Waals surface area contributed by atoms with E-state index in [-0.39, 0.29) is 19.0 Å². The zero-order valence-electron chi connectivity index (χ0n) is 17.1. The van der Waals surface area contributed by atoms with Gasteiger partial charge < -0.3 is 14.2 Å². The van der Waals surface area contributed by atoms with E-state index in [1.54, 1.807) is 24.6 Å². The van der Waals surface area contributed by atoms with Crippen LogP contribution in [0.25, 0.3) is 0 Å². The van der Waals surface area contributed by atoms with Gasteiger partial charge in [0.25, 0.3) is 0 Å². The molecule has 0 aliphatic carbocycles. The molecule has 0 saturated carbocycles. The van der Waals surface area contributed by atoms with E-state index >= 15 is 0 Å². The highest BCUT2D eigenvalue weighted by Crippen LogP contribution is 2.33. The molecule has 0 saturated heterocycles. The number of aromatic nitrogens is 1. The number of rotatable bonds is 12. The molecule has 8 heteroatoms. The van der Waals surface area contributed by atoms with Gasteiger partial charge in [0.05, 0.1) is 31.5 Å². The molecular formula is C22H25N3O4S. The van der Waals surface area contributed by atoms with Gasteiger partial charge in [-0.1, -0.05) is 12.0 Å². The number of ether oxygens (including phenoxy) is 3. The van der Waals surface area contributed by atoms with Gasteiger partial charge in [-0.25, -0.2) is 4.98 Å². The average molecular weight is 428 g/mol. The number of thiazole rings is 1. The van der Waals surface area contributed by atoms with Crippen molar-refractivity contribution >= 4 is 28.7 Å². The highest BCUT2D eigenvalue weighted by atomic mass is 32.1. The van der Waals surface area contributed by atoms with E-state index in [9.17, 15) is 4.79 Å². The Kier molecular flexibility index (Phi) is 9.42. The van der Waals surface area contributed by atoms with Crippen LogP contribution in [0.15, 0.2) is 35.3 Å². The number of benzene rings is 1. The Morgan fingerprint density at radius 2 is 2.20 bits per heavy atom. The molecule has 1 heterocycles. The second kappa shape index (κ2) is 12.3. The normalized spacial score (nSPS) is 10.4. The Morgan fingerprint density at radius 1 is 1.37 bits per heavy atom. The van der Waals surface area contributed by atoms with Crippen molar-refractivity contribution in [2.75, 3.05) is 25.2 Å². The number of hydrazone groups is 1. The van der Waals surface area contributed by atoms with E-state index in [2.05, 4.69) is 28.0 Å². The Balaban J connectivity index is 2.14. The van der Waals surface area contributed by atoms with E-state index < -0.39 is 0 Å². The molecule has 0 aliphatic rings. The molecule has 0 atom stereocenters. The number of terminal acetylenes is 1. The van der Waals surface area contributed by atoms with E-state index in [1.807, 2.05) is 19.1 Å². The van der Waals surface area contributed by atoms with Gasteiger partial charge in [-0.15, -0.1) is 24.3 Å². The summed E-state index contributed by atoms with van der Waals surface area (Å²) in [5.74, 6) is 3.38. The molecular weight excluding hydrogens is 402 g/mol. The van der Waals surface area contributed by atoms with E-state index in [0.717, 1.165) is 11.1 Å². The van der Waals surface area contributed by atoms with Gasteiger partial charge in [0, 0.05) is 10.9 Å². The highest BCUT2D eigenvalue weighted by molar-refractivity contribution is 7.13. The molecule has 2 rings (SSSR count). The van der Waals surface area contributed by atoms with Crippen LogP contribution >= 0.6 is 11.3 Å². The van der Waals surface area contributed by atoms with Crippen LogP contribution in [0.5, 0.6) is 11.5 Å². The van der Waals surface area contributed by atoms with Gasteiger partial charge in [0.2, 0.25) is 5.13 Å². The lowest BCUT2D eigenvalue weighted by molar-refractivity contribution is -0.142. The predicted octanol–water partition coefficient (Wildman–Crippen LogP) is 3.83. The first-order valence-corrected chi connectivity index (χ1v) is 10.3. The van der Waals surface area contributed by atoms with Crippen LogP contribution in [0.3, 0.4) is 0 Å². The first kappa shape index (κ1) is 23.0. The molecule has 1 aromatic heterocycles. The van der Waals surface area contributed by atoms with Gasteiger partial charge in [0.15, 0.2) is 11.5 Å². The molecule has 0 bridgehead atoms. The van der Waals surface area contributed by atoms with Crippen molar-refractivity contribution < 1.29 is 19.0 Å². The number of carbonyl (C=O) groups excluding carboxylic acids is 1. The van der Waals surface area contributed by atoms with Crippen molar-refractivity contribution in [3.63, 3.8) is 0 Å². The second-order valence-electron chi connectivity index (χ2n) is 5.92. The summed E-state index contributed by atoms with van der Waals surface area (Å²) in [6, 6.07) is 3.77. The van der Waals surface area contributed by atoms with Crippen molar-refractivity contribution in [1.82, 2.24) is 4.98 Å². The molecule has 0 unspecified atom stereocenters. The van der Waals surface area contributed by atoms with Crippen LogP contribution in [-0.4, -0.2) is 37.0 Å². The van der Waals surface area contributed by atoms with Gasteiger partial charge in [-0.3, -0.25) is 10.2 Å². The number of allylic oxidation sites excluding steroid dienone is 1. The van der Waals surface area contributed by atoms with Crippen LogP contribution < -0.4 is 14.9 Å². The number of hydrogen-bond acceptors (Lipinski definition) is 8. The molecule has 2 aromatic rings. The fraction of sp³-hybridized carbons (Fsp3) is 0.318. The summed E-state index contributed by atoms with van der Waals surface area (Å²) < 4.78 is 16.3. The minimum atomic E-state index is -0.303. The maximum Gasteiger partial charge on any atom is 0.311 e. The second-order valence-corrected chi connectivity index (χ2v) is 6.78. The summed E-state index contributed by atoms with van der Waals surface area (Å²) >= 11 is 1.36. The van der Waals surface area contributed by atoms with Crippen molar-refractivity contribution in [1.29, 1.82) is 0 Å². The van der Waals surface area contributed by atoms with Gasteiger partial charge in [-0.05, 0) is 38.0 Å². The van der Waals surface area contributed by atoms with Crippen LogP contribution in [0, 0.1) is 12.3 Å². The number of nitrogens with one attached hydrogen (secondary N) is 1. The lowest BCUT2D eigenvalue weighted by atomic mass is 10.1. The molecule has 30 heavy (non-hydrogen) atoms. The van der Waals surface area contributed by atoms with Crippen molar-refractivity contribution in [3.05, 3.63) is 47.0 Å². The maximum atomic E-state index is 11.5. The first-order chi connectivity index (χ1) is 14.6. The Bertz CT molecular complexity index is 931. The summed E-state index contributed by atoms with van der Waals surface area (Å²) in [7, 11) is 0. The molecule has 7 nitrogen and oxygen atoms in total. The molecule has 0 aliphatic heterocycles. The molecule has 1 aromatic carbocycles. The Morgan fingerprint density at radius 3 is 2.90 bits per heavy atom. The zero-order chi connectivity index (χ0) is 21.8. The van der Waals surface area contributed by atoms with Crippen LogP contribution in [0.4, 0.5) is 5.13 Å². The minimum absolute atomic E-state index is 0.136. The fourth-order valence-electron chi connectivity index (χ4n) is 2.57. The number of carbonyl (C=O) groups is 1. The topological polar surface area (TPSA) is 82.0 Å². The largest absolute Gasteiger partial charge is 0.490 e. The van der Waals surface area contributed by atoms with Crippen LogP contribution in [0.1, 0.15) is 30.7 Å². The molecule has 0 fully saturated rings. The van der Waals surface area contributed by atoms with E-state index in [0.29, 0.717) is 42.0 Å². The number of nitrogens with zero attached hydrogens (tertiary/aromatic N) is 2. The highest BCUT2D eigenvalue weighted by Gasteiger charge is 2.13. The number of anilines is 1. The lowest BCUT2D eigenvalue weighted by Crippen LogP contribution is -2.07. The van der Waals surface area contributed by atoms with Crippen molar-refractivity contribution in [2.24, 2.45) is 5.10 Å². The summed E-state index contributed by atoms with van der Waals surface area (Å²) in [6.45, 7) is 8.45. The average Bonchev–Trinajstić information content (AvgIpc) is 3.15. The third-order valence-corrected chi connectivity index (χ3v) is 4.47. The molecule has 158 valence electrons. The summed E-state index contributed by atoms with van der Waals surface area (Å²) in [5.41, 5.74) is 5.23. The van der Waals surface area contributed by atoms with Gasteiger partial charge >= 0.3 is 5.97 Å². The molecule has 0 radical (unpaired) electrons. The molecule has 0 spiro atoms. The summed E-state index contributed by atoms with van der Waals surface area (Å²) in [4.78, 5) is 15.9. The van der Waals surface area contributed by atoms with Crippen molar-refractivity contribution in [3.8, 4) is 23.8 Å². The van der Waals surface area contributed by atoms with Gasteiger partial charge in [-0.2, -0.15) is 5.10 Å². The standard InChI is InChI=1S/C22H25N3O4S/c1-5-9-17-11-16(12-19(27-7-3)21(17)29-10-6-2)14-23-25-22-24-18(15-30-22)13-20(26)28-8-4/h2,5,11-12,14-15H,1,7-10,13H2,3-4H3,(H,24,25). The van der Waals surface area contributed by atoms with E-state index in [1.165, 1.54) is 11.3 Å². The summed E-state index contributed by atoms with van der Waals surface area (Å²) in [5, 5.41) is 6.61. The quantitative estimate of drug-likeness (QED) is 0.182. The summed E-state index contributed by atoms with van der Waals surface area (Å²) in [6.07, 6.45) is 9.50. The third-order valence-electron chi connectivity index (χ3n) is 3.67. The van der Waals surface area contributed by atoms with Crippen LogP contribution in [-0.2, 0) is 22.4 Å².